The van der Waals surface area contributed by atoms with Crippen molar-refractivity contribution in [2.75, 3.05) is 33.4 Å². The second-order valence-corrected chi connectivity index (χ2v) is 10.5. The number of rotatable bonds is 7. The smallest absolute Gasteiger partial charge is 0.192 e. The fraction of sp³-hybridized carbons (Fsp3) is 0.500. The topological polar surface area (TPSA) is 65.1 Å². The third-order valence-corrected chi connectivity index (χ3v) is 8.36. The summed E-state index contributed by atoms with van der Waals surface area (Å²) in [6.07, 6.45) is 4.37. The fourth-order valence-electron chi connectivity index (χ4n) is 4.36. The lowest BCUT2D eigenvalue weighted by Crippen LogP contribution is -2.34. The van der Waals surface area contributed by atoms with Gasteiger partial charge in [-0.25, -0.2) is 8.42 Å². The minimum absolute atomic E-state index is 0.134. The number of nitrogens with zero attached hydrogens (tertiary/aromatic N) is 1. The summed E-state index contributed by atoms with van der Waals surface area (Å²) >= 11 is 0. The van der Waals surface area contributed by atoms with Crippen LogP contribution >= 0.6 is 0 Å². The molecule has 7 heteroatoms. The highest BCUT2D eigenvalue weighted by Crippen LogP contribution is 2.45. The molecule has 1 fully saturated rings. The first-order chi connectivity index (χ1) is 15.0. The van der Waals surface area contributed by atoms with E-state index in [2.05, 4.69) is 4.90 Å². The van der Waals surface area contributed by atoms with Crippen molar-refractivity contribution in [2.24, 2.45) is 0 Å². The van der Waals surface area contributed by atoms with Crippen molar-refractivity contribution in [3.8, 4) is 17.2 Å². The van der Waals surface area contributed by atoms with E-state index in [9.17, 15) is 8.42 Å². The standard InChI is InChI=1S/C24H31NO5S/c1-18-23(30-22-9-6-8-21(28-2)24(22)31(18,26)27)19-10-12-20(13-11-19)29-17-7-16-25-14-4-3-5-15-25/h6,8-13,18,23H,3-5,7,14-17H2,1-2H3/t18-,23+/m1/s1. The van der Waals surface area contributed by atoms with Gasteiger partial charge in [0.2, 0.25) is 0 Å². The molecular weight excluding hydrogens is 414 g/mol. The first-order valence-electron chi connectivity index (χ1n) is 11.0. The van der Waals surface area contributed by atoms with Crippen molar-refractivity contribution in [3.63, 3.8) is 0 Å². The molecule has 2 heterocycles. The van der Waals surface area contributed by atoms with Gasteiger partial charge in [-0.3, -0.25) is 0 Å². The normalized spacial score (nSPS) is 22.9. The lowest BCUT2D eigenvalue weighted by molar-refractivity contribution is 0.186. The zero-order valence-corrected chi connectivity index (χ0v) is 19.1. The maximum atomic E-state index is 13.2. The van der Waals surface area contributed by atoms with Gasteiger partial charge >= 0.3 is 0 Å². The Kier molecular flexibility index (Phi) is 6.72. The molecule has 0 unspecified atom stereocenters. The van der Waals surface area contributed by atoms with E-state index >= 15 is 0 Å². The number of benzene rings is 2. The van der Waals surface area contributed by atoms with E-state index in [-0.39, 0.29) is 4.90 Å². The van der Waals surface area contributed by atoms with E-state index in [0.717, 1.165) is 24.3 Å². The molecule has 0 aromatic heterocycles. The minimum atomic E-state index is -3.59. The Morgan fingerprint density at radius 2 is 1.81 bits per heavy atom. The highest BCUT2D eigenvalue weighted by atomic mass is 32.2. The molecule has 0 radical (unpaired) electrons. The molecule has 0 N–H and O–H groups in total. The van der Waals surface area contributed by atoms with Crippen LogP contribution in [-0.2, 0) is 9.84 Å². The zero-order valence-electron chi connectivity index (χ0n) is 18.2. The molecule has 2 aromatic carbocycles. The van der Waals surface area contributed by atoms with Gasteiger partial charge in [0.1, 0.15) is 28.6 Å². The molecule has 4 rings (SSSR count). The number of methoxy groups -OCH3 is 1. The van der Waals surface area contributed by atoms with Gasteiger partial charge in [0.15, 0.2) is 14.7 Å². The first kappa shape index (κ1) is 22.0. The van der Waals surface area contributed by atoms with E-state index in [4.69, 9.17) is 14.2 Å². The number of fused-ring (bicyclic) bond motifs is 1. The maximum absolute atomic E-state index is 13.2. The third kappa shape index (κ3) is 4.67. The summed E-state index contributed by atoms with van der Waals surface area (Å²) in [5.74, 6) is 1.44. The van der Waals surface area contributed by atoms with Crippen LogP contribution in [0.4, 0.5) is 0 Å². The summed E-state index contributed by atoms with van der Waals surface area (Å²) < 4.78 is 43.6. The number of hydrogen-bond donors (Lipinski definition) is 0. The molecule has 2 atom stereocenters. The van der Waals surface area contributed by atoms with Gasteiger partial charge in [0, 0.05) is 6.54 Å². The van der Waals surface area contributed by atoms with Crippen molar-refractivity contribution < 1.29 is 22.6 Å². The molecule has 0 amide bonds. The fourth-order valence-corrected chi connectivity index (χ4v) is 6.10. The zero-order chi connectivity index (χ0) is 21.8. The van der Waals surface area contributed by atoms with Crippen LogP contribution in [0.5, 0.6) is 17.2 Å². The first-order valence-corrected chi connectivity index (χ1v) is 12.6. The molecule has 0 aliphatic carbocycles. The molecule has 1 saturated heterocycles. The SMILES string of the molecule is COc1cccc2c1S(=O)(=O)[C@H](C)[C@@H](c1ccc(OCCCN3CCCCC3)cc1)O2. The number of sulfone groups is 1. The van der Waals surface area contributed by atoms with Gasteiger partial charge in [-0.1, -0.05) is 24.6 Å². The predicted octanol–water partition coefficient (Wildman–Crippen LogP) is 4.25. The monoisotopic (exact) mass is 445 g/mol. The van der Waals surface area contributed by atoms with Crippen LogP contribution in [0.3, 0.4) is 0 Å². The van der Waals surface area contributed by atoms with Crippen molar-refractivity contribution in [3.05, 3.63) is 48.0 Å². The van der Waals surface area contributed by atoms with Crippen molar-refractivity contribution in [2.45, 2.75) is 48.9 Å². The second-order valence-electron chi connectivity index (χ2n) is 8.25. The molecule has 6 nitrogen and oxygen atoms in total. The molecular formula is C24H31NO5S. The third-order valence-electron chi connectivity index (χ3n) is 6.16. The molecule has 168 valence electrons. The summed E-state index contributed by atoms with van der Waals surface area (Å²) in [6.45, 7) is 5.83. The molecule has 31 heavy (non-hydrogen) atoms. The van der Waals surface area contributed by atoms with Crippen molar-refractivity contribution >= 4 is 9.84 Å². The predicted molar refractivity (Wildman–Crippen MR) is 120 cm³/mol. The van der Waals surface area contributed by atoms with Crippen molar-refractivity contribution in [1.82, 2.24) is 4.90 Å². The van der Waals surface area contributed by atoms with Gasteiger partial charge in [-0.2, -0.15) is 0 Å². The Hall–Kier alpha value is -2.25. The Morgan fingerprint density at radius 3 is 2.52 bits per heavy atom. The molecule has 0 bridgehead atoms. The average Bonchev–Trinajstić information content (AvgIpc) is 2.80. The summed E-state index contributed by atoms with van der Waals surface area (Å²) in [5.41, 5.74) is 0.810. The minimum Gasteiger partial charge on any atom is -0.495 e. The van der Waals surface area contributed by atoms with E-state index in [1.165, 1.54) is 39.5 Å². The lowest BCUT2D eigenvalue weighted by atomic mass is 10.1. The molecule has 0 saturated carbocycles. The van der Waals surface area contributed by atoms with Crippen LogP contribution in [0.15, 0.2) is 47.4 Å². The van der Waals surface area contributed by atoms with Crippen LogP contribution < -0.4 is 14.2 Å². The van der Waals surface area contributed by atoms with Gasteiger partial charge in [-0.05, 0) is 69.1 Å². The maximum Gasteiger partial charge on any atom is 0.192 e. The highest BCUT2D eigenvalue weighted by molar-refractivity contribution is 7.92. The van der Waals surface area contributed by atoms with E-state index in [1.807, 2.05) is 24.3 Å². The van der Waals surface area contributed by atoms with Gasteiger partial charge in [0.25, 0.3) is 0 Å². The van der Waals surface area contributed by atoms with Crippen LogP contribution in [-0.4, -0.2) is 51.9 Å². The summed E-state index contributed by atoms with van der Waals surface area (Å²) in [5, 5.41) is -0.729. The number of hydrogen-bond acceptors (Lipinski definition) is 6. The second kappa shape index (κ2) is 9.49. The summed E-state index contributed by atoms with van der Waals surface area (Å²) in [7, 11) is -2.12. The largest absolute Gasteiger partial charge is 0.495 e. The highest BCUT2D eigenvalue weighted by Gasteiger charge is 2.42. The van der Waals surface area contributed by atoms with Gasteiger partial charge in [0.05, 0.1) is 13.7 Å². The quantitative estimate of drug-likeness (QED) is 0.594. The van der Waals surface area contributed by atoms with Crippen LogP contribution in [0.25, 0.3) is 0 Å². The van der Waals surface area contributed by atoms with Crippen LogP contribution in [0.2, 0.25) is 0 Å². The Bertz CT molecular complexity index is 984. The summed E-state index contributed by atoms with van der Waals surface area (Å²) in [4.78, 5) is 2.64. The molecule has 2 aliphatic rings. The number of ether oxygens (including phenoxy) is 3. The average molecular weight is 446 g/mol. The van der Waals surface area contributed by atoms with Crippen LogP contribution in [0, 0.1) is 0 Å². The number of likely N-dealkylation sites (tertiary alicyclic amines) is 1. The molecule has 0 spiro atoms. The van der Waals surface area contributed by atoms with E-state index in [1.54, 1.807) is 25.1 Å². The van der Waals surface area contributed by atoms with Gasteiger partial charge < -0.3 is 19.1 Å². The van der Waals surface area contributed by atoms with Crippen molar-refractivity contribution in [1.29, 1.82) is 0 Å². The van der Waals surface area contributed by atoms with Crippen LogP contribution in [0.1, 0.15) is 44.3 Å². The van der Waals surface area contributed by atoms with E-state index < -0.39 is 21.2 Å². The molecule has 2 aromatic rings. The molecule has 2 aliphatic heterocycles. The summed E-state index contributed by atoms with van der Waals surface area (Å²) in [6, 6.07) is 12.6. The Morgan fingerprint density at radius 1 is 1.06 bits per heavy atom. The van der Waals surface area contributed by atoms with Gasteiger partial charge in [-0.15, -0.1) is 0 Å². The lowest BCUT2D eigenvalue weighted by Gasteiger charge is -2.32. The Labute approximate surface area is 185 Å². The number of piperidine rings is 1. The Balaban J connectivity index is 1.40. The van der Waals surface area contributed by atoms with E-state index in [0.29, 0.717) is 18.1 Å².